The van der Waals surface area contributed by atoms with Gasteiger partial charge in [0.15, 0.2) is 0 Å². The van der Waals surface area contributed by atoms with Crippen LogP contribution in [0.15, 0.2) is 41.6 Å². The van der Waals surface area contributed by atoms with Crippen LogP contribution in [0.3, 0.4) is 0 Å². The van der Waals surface area contributed by atoms with Gasteiger partial charge in [-0.15, -0.1) is 0 Å². The molecule has 0 radical (unpaired) electrons. The van der Waals surface area contributed by atoms with E-state index in [1.807, 2.05) is 6.07 Å². The highest BCUT2D eigenvalue weighted by molar-refractivity contribution is 5.62. The average molecular weight is 211 g/mol. The Balaban J connectivity index is 2.53. The number of nitrogens with one attached hydrogen (secondary N) is 1. The number of pyridine rings is 2. The molecule has 0 aliphatic carbocycles. The van der Waals surface area contributed by atoms with Crippen molar-refractivity contribution in [2.24, 2.45) is 0 Å². The van der Waals surface area contributed by atoms with Gasteiger partial charge in [0.2, 0.25) is 0 Å². The second-order valence-corrected chi connectivity index (χ2v) is 3.32. The Bertz CT molecular complexity index is 581. The van der Waals surface area contributed by atoms with Gasteiger partial charge in [0.1, 0.15) is 0 Å². The van der Waals surface area contributed by atoms with Crippen molar-refractivity contribution in [2.45, 2.75) is 6.42 Å². The van der Waals surface area contributed by atoms with Gasteiger partial charge in [-0.05, 0) is 29.3 Å². The predicted octanol–water partition coefficient (Wildman–Crippen LogP) is 1.50. The molecule has 2 rings (SSSR count). The molecule has 2 heterocycles. The quantitative estimate of drug-likeness (QED) is 0.818. The van der Waals surface area contributed by atoms with Crippen LogP contribution in [-0.4, -0.2) is 9.97 Å². The molecule has 0 saturated heterocycles. The number of hydrogen-bond acceptors (Lipinski definition) is 3. The molecular weight excluding hydrogens is 202 g/mol. The highest BCUT2D eigenvalue weighted by Gasteiger charge is 2.03. The lowest BCUT2D eigenvalue weighted by molar-refractivity contribution is 1.15. The summed E-state index contributed by atoms with van der Waals surface area (Å²) < 4.78 is 0. The minimum Gasteiger partial charge on any atom is -0.328 e. The van der Waals surface area contributed by atoms with Gasteiger partial charge in [0.25, 0.3) is 5.56 Å². The Morgan fingerprint density at radius 1 is 1.38 bits per heavy atom. The molecule has 16 heavy (non-hydrogen) atoms. The van der Waals surface area contributed by atoms with Gasteiger partial charge >= 0.3 is 0 Å². The third-order valence-electron chi connectivity index (χ3n) is 2.24. The third-order valence-corrected chi connectivity index (χ3v) is 2.24. The summed E-state index contributed by atoms with van der Waals surface area (Å²) in [5, 5.41) is 8.60. The van der Waals surface area contributed by atoms with Crippen molar-refractivity contribution in [2.75, 3.05) is 0 Å². The standard InChI is InChI=1S/C12H9N3O/c13-4-1-9-7-11(12(16)15-8-9)10-2-5-14-6-3-10/h2-3,5-8H,1H2,(H,15,16). The second-order valence-electron chi connectivity index (χ2n) is 3.32. The lowest BCUT2D eigenvalue weighted by Crippen LogP contribution is -2.09. The molecule has 1 N–H and O–H groups in total. The van der Waals surface area contributed by atoms with Crippen LogP contribution >= 0.6 is 0 Å². The summed E-state index contributed by atoms with van der Waals surface area (Å²) in [6.45, 7) is 0. The normalized spacial score (nSPS) is 9.69. The fourth-order valence-corrected chi connectivity index (χ4v) is 1.47. The van der Waals surface area contributed by atoms with Crippen LogP contribution in [0.25, 0.3) is 11.1 Å². The summed E-state index contributed by atoms with van der Waals surface area (Å²) >= 11 is 0. The number of rotatable bonds is 2. The fraction of sp³-hybridized carbons (Fsp3) is 0.0833. The lowest BCUT2D eigenvalue weighted by atomic mass is 10.1. The molecule has 2 aromatic rings. The van der Waals surface area contributed by atoms with Crippen LogP contribution in [0, 0.1) is 11.3 Å². The maximum Gasteiger partial charge on any atom is 0.255 e. The Morgan fingerprint density at radius 3 is 2.81 bits per heavy atom. The molecule has 0 aliphatic rings. The van der Waals surface area contributed by atoms with Crippen LogP contribution < -0.4 is 5.56 Å². The summed E-state index contributed by atoms with van der Waals surface area (Å²) in [7, 11) is 0. The Morgan fingerprint density at radius 2 is 2.12 bits per heavy atom. The van der Waals surface area contributed by atoms with Crippen molar-refractivity contribution >= 4 is 0 Å². The number of aromatic nitrogens is 2. The molecule has 78 valence electrons. The van der Waals surface area contributed by atoms with Crippen molar-refractivity contribution in [1.29, 1.82) is 5.26 Å². The maximum atomic E-state index is 11.6. The van der Waals surface area contributed by atoms with Crippen LogP contribution in [0.4, 0.5) is 0 Å². The zero-order chi connectivity index (χ0) is 11.4. The van der Waals surface area contributed by atoms with E-state index >= 15 is 0 Å². The van der Waals surface area contributed by atoms with E-state index in [9.17, 15) is 4.79 Å². The number of hydrogen-bond donors (Lipinski definition) is 1. The van der Waals surface area contributed by atoms with E-state index in [-0.39, 0.29) is 12.0 Å². The Labute approximate surface area is 92.2 Å². The second kappa shape index (κ2) is 4.41. The van der Waals surface area contributed by atoms with Gasteiger partial charge < -0.3 is 4.98 Å². The Hall–Kier alpha value is -2.41. The monoisotopic (exact) mass is 211 g/mol. The Kier molecular flexibility index (Phi) is 2.79. The van der Waals surface area contributed by atoms with Crippen LogP contribution in [0.5, 0.6) is 0 Å². The molecule has 4 nitrogen and oxygen atoms in total. The molecule has 0 atom stereocenters. The summed E-state index contributed by atoms with van der Waals surface area (Å²) in [5.41, 5.74) is 2.01. The van der Waals surface area contributed by atoms with E-state index < -0.39 is 0 Å². The molecule has 4 heteroatoms. The van der Waals surface area contributed by atoms with Gasteiger partial charge in [-0.1, -0.05) is 0 Å². The number of H-pyrrole nitrogens is 1. The van der Waals surface area contributed by atoms with Crippen molar-refractivity contribution < 1.29 is 0 Å². The van der Waals surface area contributed by atoms with Gasteiger partial charge in [-0.2, -0.15) is 5.26 Å². The summed E-state index contributed by atoms with van der Waals surface area (Å²) in [6, 6.07) is 7.31. The SMILES string of the molecule is N#CCc1c[nH]c(=O)c(-c2ccncc2)c1. The van der Waals surface area contributed by atoms with E-state index in [4.69, 9.17) is 5.26 Å². The van der Waals surface area contributed by atoms with E-state index in [1.54, 1.807) is 36.8 Å². The summed E-state index contributed by atoms with van der Waals surface area (Å²) in [6.07, 6.45) is 5.11. The molecule has 0 saturated carbocycles. The molecule has 0 fully saturated rings. The number of nitriles is 1. The highest BCUT2D eigenvalue weighted by atomic mass is 16.1. The minimum atomic E-state index is -0.159. The van der Waals surface area contributed by atoms with Gasteiger partial charge in [0, 0.05) is 24.2 Å². The van der Waals surface area contributed by atoms with E-state index in [1.165, 1.54) is 0 Å². The van der Waals surface area contributed by atoms with Crippen molar-refractivity contribution in [3.63, 3.8) is 0 Å². The molecule has 0 unspecified atom stereocenters. The molecule has 0 spiro atoms. The molecular formula is C12H9N3O. The van der Waals surface area contributed by atoms with Crippen LogP contribution in [0.2, 0.25) is 0 Å². The first kappa shape index (κ1) is 10.1. The molecule has 0 bridgehead atoms. The van der Waals surface area contributed by atoms with Crippen LogP contribution in [-0.2, 0) is 6.42 Å². The van der Waals surface area contributed by atoms with E-state index in [2.05, 4.69) is 9.97 Å². The van der Waals surface area contributed by atoms with E-state index in [0.717, 1.165) is 11.1 Å². The van der Waals surface area contributed by atoms with Gasteiger partial charge in [0.05, 0.1) is 12.5 Å². The number of aromatic amines is 1. The highest BCUT2D eigenvalue weighted by Crippen LogP contribution is 2.14. The van der Waals surface area contributed by atoms with Crippen molar-refractivity contribution in [3.8, 4) is 17.2 Å². The van der Waals surface area contributed by atoms with Crippen molar-refractivity contribution in [3.05, 3.63) is 52.7 Å². The zero-order valence-corrected chi connectivity index (χ0v) is 8.47. The summed E-state index contributed by atoms with van der Waals surface area (Å²) in [4.78, 5) is 18.1. The average Bonchev–Trinajstić information content (AvgIpc) is 2.33. The molecule has 2 aromatic heterocycles. The van der Waals surface area contributed by atoms with Gasteiger partial charge in [-0.25, -0.2) is 0 Å². The van der Waals surface area contributed by atoms with Crippen LogP contribution in [0.1, 0.15) is 5.56 Å². The molecule has 0 amide bonds. The van der Waals surface area contributed by atoms with E-state index in [0.29, 0.717) is 5.56 Å². The first-order valence-electron chi connectivity index (χ1n) is 4.80. The fourth-order valence-electron chi connectivity index (χ4n) is 1.47. The van der Waals surface area contributed by atoms with Crippen molar-refractivity contribution in [1.82, 2.24) is 9.97 Å². The minimum absolute atomic E-state index is 0.159. The smallest absolute Gasteiger partial charge is 0.255 e. The lowest BCUT2D eigenvalue weighted by Gasteiger charge is -2.01. The third kappa shape index (κ3) is 1.98. The molecule has 0 aromatic carbocycles. The topological polar surface area (TPSA) is 69.5 Å². The summed E-state index contributed by atoms with van der Waals surface area (Å²) in [5.74, 6) is 0. The first-order valence-corrected chi connectivity index (χ1v) is 4.80. The maximum absolute atomic E-state index is 11.6. The zero-order valence-electron chi connectivity index (χ0n) is 8.47. The first-order chi connectivity index (χ1) is 7.81. The molecule has 0 aliphatic heterocycles. The van der Waals surface area contributed by atoms with Gasteiger partial charge in [-0.3, -0.25) is 9.78 Å². The largest absolute Gasteiger partial charge is 0.328 e. The predicted molar refractivity (Wildman–Crippen MR) is 59.6 cm³/mol. The number of nitrogens with zero attached hydrogens (tertiary/aromatic N) is 2.